The number of ketones is 1. The molecule has 1 aromatic rings. The van der Waals surface area contributed by atoms with Crippen molar-refractivity contribution in [3.8, 4) is 0 Å². The van der Waals surface area contributed by atoms with E-state index in [9.17, 15) is 4.79 Å². The van der Waals surface area contributed by atoms with E-state index in [0.29, 0.717) is 22.8 Å². The predicted octanol–water partition coefficient (Wildman–Crippen LogP) is 3.20. The zero-order valence-corrected chi connectivity index (χ0v) is 10.00. The van der Waals surface area contributed by atoms with Crippen LogP contribution in [0.15, 0.2) is 21.2 Å². The van der Waals surface area contributed by atoms with Crippen molar-refractivity contribution in [2.24, 2.45) is 17.8 Å². The summed E-state index contributed by atoms with van der Waals surface area (Å²) in [6.45, 7) is 0. The molecule has 2 saturated carbocycles. The van der Waals surface area contributed by atoms with Crippen molar-refractivity contribution in [2.75, 3.05) is 0 Å². The number of carbonyl (C=O) groups is 1. The van der Waals surface area contributed by atoms with E-state index in [1.54, 1.807) is 0 Å². The maximum Gasteiger partial charge on any atom is 0.169 e. The van der Waals surface area contributed by atoms with Gasteiger partial charge in [-0.15, -0.1) is 0 Å². The summed E-state index contributed by atoms with van der Waals surface area (Å²) in [4.78, 5) is 11.9. The van der Waals surface area contributed by atoms with Crippen molar-refractivity contribution in [3.05, 3.63) is 22.6 Å². The Balaban J connectivity index is 1.63. The van der Waals surface area contributed by atoms with Gasteiger partial charge in [-0.25, -0.2) is 0 Å². The van der Waals surface area contributed by atoms with Gasteiger partial charge in [0.05, 0.1) is 6.42 Å². The van der Waals surface area contributed by atoms with E-state index in [1.165, 1.54) is 19.3 Å². The molecule has 3 heteroatoms. The lowest BCUT2D eigenvalue weighted by Gasteiger charge is -2.00. The first kappa shape index (κ1) is 9.64. The number of Topliss-reactive ketones (excluding diaryl/α,β-unsaturated/α-hetero) is 1. The molecule has 2 aliphatic carbocycles. The lowest BCUT2D eigenvalue weighted by atomic mass is 10.0. The van der Waals surface area contributed by atoms with Crippen LogP contribution in [0.1, 0.15) is 25.0 Å². The highest BCUT2D eigenvalue weighted by Gasteiger charge is 2.55. The van der Waals surface area contributed by atoms with E-state index in [2.05, 4.69) is 15.9 Å². The van der Waals surface area contributed by atoms with E-state index in [1.807, 2.05) is 12.1 Å². The summed E-state index contributed by atoms with van der Waals surface area (Å²) in [6.07, 6.45) is 4.33. The zero-order chi connectivity index (χ0) is 10.4. The lowest BCUT2D eigenvalue weighted by molar-refractivity contribution is -0.120. The Labute approximate surface area is 97.2 Å². The monoisotopic (exact) mass is 268 g/mol. The summed E-state index contributed by atoms with van der Waals surface area (Å²) >= 11 is 3.25. The molecule has 0 aliphatic heterocycles. The molecule has 0 saturated heterocycles. The number of rotatable bonds is 3. The summed E-state index contributed by atoms with van der Waals surface area (Å²) in [5, 5.41) is 0. The van der Waals surface area contributed by atoms with Crippen LogP contribution < -0.4 is 0 Å². The smallest absolute Gasteiger partial charge is 0.169 e. The van der Waals surface area contributed by atoms with Gasteiger partial charge >= 0.3 is 0 Å². The first-order valence-corrected chi connectivity index (χ1v) is 6.32. The van der Waals surface area contributed by atoms with E-state index < -0.39 is 0 Å². The second-order valence-corrected chi connectivity index (χ2v) is 5.41. The molecule has 1 heterocycles. The number of fused-ring (bicyclic) bond motifs is 1. The maximum absolute atomic E-state index is 11.9. The van der Waals surface area contributed by atoms with Crippen molar-refractivity contribution in [3.63, 3.8) is 0 Å². The summed E-state index contributed by atoms with van der Waals surface area (Å²) in [5.41, 5.74) is 0. The van der Waals surface area contributed by atoms with Gasteiger partial charge in [0.25, 0.3) is 0 Å². The maximum atomic E-state index is 11.9. The molecule has 0 N–H and O–H groups in total. The van der Waals surface area contributed by atoms with E-state index >= 15 is 0 Å². The van der Waals surface area contributed by atoms with Gasteiger partial charge in [0.15, 0.2) is 4.67 Å². The Morgan fingerprint density at radius 3 is 2.73 bits per heavy atom. The van der Waals surface area contributed by atoms with Crippen LogP contribution in [0, 0.1) is 17.8 Å². The van der Waals surface area contributed by atoms with Crippen molar-refractivity contribution >= 4 is 21.7 Å². The van der Waals surface area contributed by atoms with E-state index in [0.717, 1.165) is 17.6 Å². The van der Waals surface area contributed by atoms with Gasteiger partial charge in [-0.05, 0) is 52.7 Å². The fourth-order valence-electron chi connectivity index (χ4n) is 3.04. The van der Waals surface area contributed by atoms with Gasteiger partial charge in [-0.3, -0.25) is 4.79 Å². The number of hydrogen-bond donors (Lipinski definition) is 0. The molecule has 0 bridgehead atoms. The van der Waals surface area contributed by atoms with Crippen LogP contribution in [0.5, 0.6) is 0 Å². The number of hydrogen-bond acceptors (Lipinski definition) is 2. The van der Waals surface area contributed by atoms with Crippen LogP contribution >= 0.6 is 15.9 Å². The molecule has 2 atom stereocenters. The Bertz CT molecular complexity index is 386. The summed E-state index contributed by atoms with van der Waals surface area (Å²) in [7, 11) is 0. The first-order chi connectivity index (χ1) is 7.25. The van der Waals surface area contributed by atoms with Crippen LogP contribution in [0.25, 0.3) is 0 Å². The Morgan fingerprint density at radius 2 is 2.13 bits per heavy atom. The average molecular weight is 269 g/mol. The third-order valence-electron chi connectivity index (χ3n) is 3.76. The fourth-order valence-corrected chi connectivity index (χ4v) is 3.38. The molecular formula is C12H13BrO2. The standard InChI is InChI=1S/C12H13BrO2/c13-11-5-4-7(15-11)6-10(14)12-8-2-1-3-9(8)12/h4-5,8-9,12H,1-3,6H2. The second-order valence-electron chi connectivity index (χ2n) is 4.63. The molecular weight excluding hydrogens is 256 g/mol. The molecule has 2 fully saturated rings. The molecule has 2 nitrogen and oxygen atoms in total. The van der Waals surface area contributed by atoms with Crippen LogP contribution in [0.4, 0.5) is 0 Å². The van der Waals surface area contributed by atoms with Crippen molar-refractivity contribution < 1.29 is 9.21 Å². The van der Waals surface area contributed by atoms with Crippen molar-refractivity contribution in [2.45, 2.75) is 25.7 Å². The molecule has 2 unspecified atom stereocenters. The molecule has 80 valence electrons. The molecule has 0 aromatic carbocycles. The minimum atomic E-state index is 0.364. The highest BCUT2D eigenvalue weighted by atomic mass is 79.9. The van der Waals surface area contributed by atoms with Gasteiger partial charge in [-0.1, -0.05) is 6.42 Å². The largest absolute Gasteiger partial charge is 0.454 e. The van der Waals surface area contributed by atoms with Crippen LogP contribution in [0.3, 0.4) is 0 Å². The Kier molecular flexibility index (Phi) is 2.23. The third-order valence-corrected chi connectivity index (χ3v) is 4.18. The minimum Gasteiger partial charge on any atom is -0.454 e. The normalized spacial score (nSPS) is 32.7. The highest BCUT2D eigenvalue weighted by Crippen LogP contribution is 2.58. The topological polar surface area (TPSA) is 30.2 Å². The van der Waals surface area contributed by atoms with Gasteiger partial charge in [0.2, 0.25) is 0 Å². The van der Waals surface area contributed by atoms with Crippen LogP contribution in [-0.4, -0.2) is 5.78 Å². The molecule has 15 heavy (non-hydrogen) atoms. The predicted molar refractivity (Wildman–Crippen MR) is 59.4 cm³/mol. The molecule has 0 amide bonds. The Hall–Kier alpha value is -0.570. The summed E-state index contributed by atoms with van der Waals surface area (Å²) < 4.78 is 6.06. The molecule has 1 aromatic heterocycles. The van der Waals surface area contributed by atoms with Crippen LogP contribution in [-0.2, 0) is 11.2 Å². The third kappa shape index (κ3) is 1.67. The lowest BCUT2D eigenvalue weighted by Crippen LogP contribution is -2.08. The summed E-state index contributed by atoms with van der Waals surface area (Å²) in [6, 6.07) is 3.72. The quantitative estimate of drug-likeness (QED) is 0.843. The summed E-state index contributed by atoms with van der Waals surface area (Å²) in [5.74, 6) is 2.97. The SMILES string of the molecule is O=C(Cc1ccc(Br)o1)C1C2CCCC21. The van der Waals surface area contributed by atoms with Crippen LogP contribution in [0.2, 0.25) is 0 Å². The minimum absolute atomic E-state index is 0.364. The molecule has 0 radical (unpaired) electrons. The average Bonchev–Trinajstić information content (AvgIpc) is 2.60. The van der Waals surface area contributed by atoms with Gasteiger partial charge in [0.1, 0.15) is 11.5 Å². The number of halogens is 1. The number of furan rings is 1. The molecule has 3 rings (SSSR count). The van der Waals surface area contributed by atoms with Crippen molar-refractivity contribution in [1.82, 2.24) is 0 Å². The van der Waals surface area contributed by atoms with E-state index in [4.69, 9.17) is 4.42 Å². The van der Waals surface area contributed by atoms with Gasteiger partial charge in [-0.2, -0.15) is 0 Å². The molecule has 0 spiro atoms. The Morgan fingerprint density at radius 1 is 1.40 bits per heavy atom. The van der Waals surface area contributed by atoms with Crippen molar-refractivity contribution in [1.29, 1.82) is 0 Å². The second kappa shape index (κ2) is 3.48. The van der Waals surface area contributed by atoms with E-state index in [-0.39, 0.29) is 0 Å². The zero-order valence-electron chi connectivity index (χ0n) is 8.41. The van der Waals surface area contributed by atoms with Gasteiger partial charge in [0, 0.05) is 5.92 Å². The van der Waals surface area contributed by atoms with Gasteiger partial charge < -0.3 is 4.42 Å². The highest BCUT2D eigenvalue weighted by molar-refractivity contribution is 9.10. The fraction of sp³-hybridized carbons (Fsp3) is 0.583. The number of carbonyl (C=O) groups excluding carboxylic acids is 1. The first-order valence-electron chi connectivity index (χ1n) is 5.52. The molecule has 2 aliphatic rings.